The molecule has 2 unspecified atom stereocenters. The molecule has 1 aliphatic rings. The maximum atomic E-state index is 13.3. The number of methoxy groups -OCH3 is 1. The lowest BCUT2D eigenvalue weighted by Crippen LogP contribution is -2.42. The molecule has 0 amide bonds. The minimum Gasteiger partial charge on any atom is -0.372 e. The smallest absolute Gasteiger partial charge is 0.184 e. The third-order valence-electron chi connectivity index (χ3n) is 4.88. The predicted octanol–water partition coefficient (Wildman–Crippen LogP) is 3.64. The molecular weight excluding hydrogens is 420 g/mol. The first-order valence-electron chi connectivity index (χ1n) is 8.42. The minimum absolute atomic E-state index is 0.280. The molecule has 1 aliphatic heterocycles. The average Bonchev–Trinajstić information content (AvgIpc) is 2.96. The van der Waals surface area contributed by atoms with E-state index in [2.05, 4.69) is 21.0 Å². The van der Waals surface area contributed by atoms with E-state index in [-0.39, 0.29) is 12.8 Å². The van der Waals surface area contributed by atoms with Crippen molar-refractivity contribution < 1.29 is 17.9 Å². The summed E-state index contributed by atoms with van der Waals surface area (Å²) < 4.78 is 39.2. The summed E-state index contributed by atoms with van der Waals surface area (Å²) in [5.74, 6) is 0. The summed E-state index contributed by atoms with van der Waals surface area (Å²) in [6.45, 7) is 4.37. The molecule has 2 heterocycles. The lowest BCUT2D eigenvalue weighted by atomic mass is 9.95. The first-order valence-corrected chi connectivity index (χ1v) is 10.7. The third-order valence-corrected chi connectivity index (χ3v) is 7.81. The first-order chi connectivity index (χ1) is 12.3. The van der Waals surface area contributed by atoms with Crippen molar-refractivity contribution in [3.8, 4) is 0 Å². The van der Waals surface area contributed by atoms with Crippen molar-refractivity contribution >= 4 is 25.8 Å². The van der Waals surface area contributed by atoms with Crippen molar-refractivity contribution in [1.82, 2.24) is 9.78 Å². The highest BCUT2D eigenvalue weighted by Gasteiger charge is 2.45. The van der Waals surface area contributed by atoms with E-state index in [1.807, 2.05) is 26.0 Å². The Bertz CT molecular complexity index is 896. The normalized spacial score (nSPS) is 23.9. The molecule has 26 heavy (non-hydrogen) atoms. The van der Waals surface area contributed by atoms with Gasteiger partial charge in [-0.15, -0.1) is 0 Å². The van der Waals surface area contributed by atoms with Gasteiger partial charge in [-0.1, -0.05) is 12.1 Å². The van der Waals surface area contributed by atoms with Gasteiger partial charge in [-0.2, -0.15) is 5.10 Å². The van der Waals surface area contributed by atoms with Crippen molar-refractivity contribution in [2.45, 2.75) is 49.2 Å². The summed E-state index contributed by atoms with van der Waals surface area (Å²) in [7, 11) is -1.91. The second-order valence-electron chi connectivity index (χ2n) is 6.89. The van der Waals surface area contributed by atoms with Crippen LogP contribution < -0.4 is 0 Å². The van der Waals surface area contributed by atoms with Crippen molar-refractivity contribution in [2.24, 2.45) is 0 Å². The lowest BCUT2D eigenvalue weighted by molar-refractivity contribution is -0.00919. The van der Waals surface area contributed by atoms with Crippen LogP contribution in [0, 0.1) is 6.92 Å². The molecular formula is C18H23BrN2O4S. The van der Waals surface area contributed by atoms with E-state index in [1.165, 1.54) is 0 Å². The second-order valence-corrected chi connectivity index (χ2v) is 10.2. The Morgan fingerprint density at radius 2 is 2.19 bits per heavy atom. The van der Waals surface area contributed by atoms with Crippen molar-refractivity contribution in [1.29, 1.82) is 0 Å². The van der Waals surface area contributed by atoms with Crippen molar-refractivity contribution in [3.63, 3.8) is 0 Å². The van der Waals surface area contributed by atoms with Crippen molar-refractivity contribution in [2.75, 3.05) is 13.7 Å². The Hall–Kier alpha value is -1.22. The summed E-state index contributed by atoms with van der Waals surface area (Å²) in [5.41, 5.74) is 1.74. The molecule has 0 radical (unpaired) electrons. The maximum absolute atomic E-state index is 13.3. The highest BCUT2D eigenvalue weighted by Crippen LogP contribution is 2.42. The summed E-state index contributed by atoms with van der Waals surface area (Å²) in [5, 5.41) is 4.33. The van der Waals surface area contributed by atoms with E-state index in [0.717, 1.165) is 11.3 Å². The van der Waals surface area contributed by atoms with Crippen LogP contribution in [0.3, 0.4) is 0 Å². The number of hydrogen-bond donors (Lipinski definition) is 0. The number of rotatable bonds is 5. The first kappa shape index (κ1) is 19.5. The Morgan fingerprint density at radius 1 is 1.42 bits per heavy atom. The Morgan fingerprint density at radius 3 is 2.88 bits per heavy atom. The number of benzene rings is 1. The largest absolute Gasteiger partial charge is 0.372 e. The minimum atomic E-state index is -3.50. The monoisotopic (exact) mass is 442 g/mol. The Kier molecular flexibility index (Phi) is 5.58. The van der Waals surface area contributed by atoms with E-state index < -0.39 is 14.6 Å². The summed E-state index contributed by atoms with van der Waals surface area (Å²) in [6.07, 6.45) is 0.465. The van der Waals surface area contributed by atoms with E-state index in [0.29, 0.717) is 28.9 Å². The van der Waals surface area contributed by atoms with Gasteiger partial charge in [0.2, 0.25) is 0 Å². The molecule has 8 heteroatoms. The number of hydrogen-bond acceptors (Lipinski definition) is 5. The molecule has 2 atom stereocenters. The Balaban J connectivity index is 1.94. The van der Waals surface area contributed by atoms with Crippen LogP contribution in [0.1, 0.15) is 37.1 Å². The topological polar surface area (TPSA) is 70.4 Å². The molecule has 0 N–H and O–H groups in total. The van der Waals surface area contributed by atoms with Crippen LogP contribution in [0.15, 0.2) is 39.8 Å². The third kappa shape index (κ3) is 3.60. The maximum Gasteiger partial charge on any atom is 0.184 e. The van der Waals surface area contributed by atoms with E-state index in [4.69, 9.17) is 9.47 Å². The highest BCUT2D eigenvalue weighted by atomic mass is 79.9. The molecule has 142 valence electrons. The van der Waals surface area contributed by atoms with Gasteiger partial charge in [0.05, 0.1) is 15.3 Å². The summed E-state index contributed by atoms with van der Waals surface area (Å²) >= 11 is 3.37. The molecule has 2 aromatic rings. The number of halogens is 1. The lowest BCUT2D eigenvalue weighted by Gasteiger charge is -2.37. The fourth-order valence-electron chi connectivity index (χ4n) is 3.35. The fraction of sp³-hybridized carbons (Fsp3) is 0.500. The van der Waals surface area contributed by atoms with Crippen LogP contribution in [0.25, 0.3) is 0 Å². The van der Waals surface area contributed by atoms with Crippen LogP contribution in [-0.2, 0) is 26.0 Å². The van der Waals surface area contributed by atoms with E-state index in [9.17, 15) is 8.42 Å². The van der Waals surface area contributed by atoms with Gasteiger partial charge in [0, 0.05) is 13.7 Å². The molecule has 1 saturated heterocycles. The number of sulfone groups is 1. The number of ether oxygens (including phenoxy) is 2. The van der Waals surface area contributed by atoms with Gasteiger partial charge in [-0.3, -0.25) is 0 Å². The summed E-state index contributed by atoms with van der Waals surface area (Å²) in [4.78, 5) is 0.368. The van der Waals surface area contributed by atoms with E-state index in [1.54, 1.807) is 30.0 Å². The van der Waals surface area contributed by atoms with Gasteiger partial charge >= 0.3 is 0 Å². The van der Waals surface area contributed by atoms with Crippen LogP contribution in [0.4, 0.5) is 0 Å². The van der Waals surface area contributed by atoms with Crippen LogP contribution in [0.5, 0.6) is 0 Å². The van der Waals surface area contributed by atoms with Gasteiger partial charge in [0.15, 0.2) is 9.84 Å². The van der Waals surface area contributed by atoms with Gasteiger partial charge in [-0.25, -0.2) is 13.1 Å². The fourth-order valence-corrected chi connectivity index (χ4v) is 5.67. The molecule has 0 aliphatic carbocycles. The number of nitrogens with zero attached hydrogens (tertiary/aromatic N) is 2. The molecule has 6 nitrogen and oxygen atoms in total. The van der Waals surface area contributed by atoms with Crippen molar-refractivity contribution in [3.05, 3.63) is 46.2 Å². The SMILES string of the molecule is COCn1nc(Br)cc1C1CC(C)(S(=O)(=O)c2cccc(C)c2)CCO1. The zero-order valence-corrected chi connectivity index (χ0v) is 17.5. The average molecular weight is 443 g/mol. The number of aromatic nitrogens is 2. The van der Waals surface area contributed by atoms with Gasteiger partial charge in [0.1, 0.15) is 17.4 Å². The molecule has 1 aromatic heterocycles. The van der Waals surface area contributed by atoms with Crippen LogP contribution in [-0.4, -0.2) is 36.7 Å². The Labute approximate surface area is 162 Å². The zero-order chi connectivity index (χ0) is 18.9. The molecule has 1 aromatic carbocycles. The number of aryl methyl sites for hydroxylation is 1. The standard InChI is InChI=1S/C18H23BrN2O4S/c1-13-5-4-6-14(9-13)26(22,23)18(2)7-8-25-16(11-18)15-10-17(19)20-21(15)12-24-3/h4-6,9-10,16H,7-8,11-12H2,1-3H3. The molecule has 3 rings (SSSR count). The predicted molar refractivity (Wildman–Crippen MR) is 102 cm³/mol. The van der Waals surface area contributed by atoms with Gasteiger partial charge < -0.3 is 9.47 Å². The van der Waals surface area contributed by atoms with Gasteiger partial charge in [0.25, 0.3) is 0 Å². The molecule has 0 bridgehead atoms. The van der Waals surface area contributed by atoms with Crippen LogP contribution >= 0.6 is 15.9 Å². The molecule has 1 fully saturated rings. The van der Waals surface area contributed by atoms with Crippen LogP contribution in [0.2, 0.25) is 0 Å². The second kappa shape index (κ2) is 7.42. The molecule has 0 saturated carbocycles. The highest BCUT2D eigenvalue weighted by molar-refractivity contribution is 9.10. The zero-order valence-electron chi connectivity index (χ0n) is 15.1. The summed E-state index contributed by atoms with van der Waals surface area (Å²) in [6, 6.07) is 8.94. The van der Waals surface area contributed by atoms with E-state index >= 15 is 0 Å². The van der Waals surface area contributed by atoms with Gasteiger partial charge in [-0.05, 0) is 66.4 Å². The quantitative estimate of drug-likeness (QED) is 0.706. The molecule has 0 spiro atoms.